The summed E-state index contributed by atoms with van der Waals surface area (Å²) in [6, 6.07) is 1.95. The molecule has 21 heavy (non-hydrogen) atoms. The summed E-state index contributed by atoms with van der Waals surface area (Å²) in [5, 5.41) is 0. The van der Waals surface area contributed by atoms with Crippen molar-refractivity contribution in [3.63, 3.8) is 0 Å². The highest BCUT2D eigenvalue weighted by Gasteiger charge is 2.23. The van der Waals surface area contributed by atoms with E-state index in [1.165, 1.54) is 25.7 Å². The third-order valence-electron chi connectivity index (χ3n) is 4.17. The summed E-state index contributed by atoms with van der Waals surface area (Å²) in [6.07, 6.45) is 5.15. The molecule has 1 aliphatic heterocycles. The molecule has 0 spiro atoms. The average molecular weight is 291 g/mol. The zero-order valence-electron chi connectivity index (χ0n) is 13.8. The zero-order valence-corrected chi connectivity index (χ0v) is 13.8. The molecule has 3 N–H and O–H groups in total. The number of rotatable bonds is 4. The highest BCUT2D eigenvalue weighted by molar-refractivity contribution is 5.49. The Hall–Kier alpha value is -1.36. The minimum Gasteiger partial charge on any atom is -0.356 e. The standard InChI is InChI=1S/C16H29N5/c1-5-6-12-7-9-21(10-8-12)14-11-13(20-17)18-15(19-14)16(2,3)4/h11-12H,5-10,17H2,1-4H3,(H,18,19,20). The maximum Gasteiger partial charge on any atom is 0.145 e. The van der Waals surface area contributed by atoms with Crippen LogP contribution in [0.25, 0.3) is 0 Å². The van der Waals surface area contributed by atoms with Crippen LogP contribution in [0.1, 0.15) is 59.2 Å². The van der Waals surface area contributed by atoms with E-state index in [9.17, 15) is 0 Å². The van der Waals surface area contributed by atoms with Gasteiger partial charge in [0.05, 0.1) is 0 Å². The van der Waals surface area contributed by atoms with Gasteiger partial charge in [0.15, 0.2) is 0 Å². The molecule has 2 rings (SSSR count). The van der Waals surface area contributed by atoms with Crippen molar-refractivity contribution in [2.45, 2.75) is 58.8 Å². The van der Waals surface area contributed by atoms with E-state index in [0.717, 1.165) is 30.6 Å². The van der Waals surface area contributed by atoms with Gasteiger partial charge in [-0.3, -0.25) is 0 Å². The van der Waals surface area contributed by atoms with Gasteiger partial charge in [0.1, 0.15) is 17.5 Å². The Labute approximate surface area is 128 Å². The molecule has 1 fully saturated rings. The lowest BCUT2D eigenvalue weighted by Gasteiger charge is -2.33. The molecular formula is C16H29N5. The van der Waals surface area contributed by atoms with E-state index in [1.54, 1.807) is 0 Å². The van der Waals surface area contributed by atoms with Crippen LogP contribution in [0.3, 0.4) is 0 Å². The van der Waals surface area contributed by atoms with Crippen molar-refractivity contribution in [2.75, 3.05) is 23.4 Å². The normalized spacial score (nSPS) is 17.1. The molecule has 0 amide bonds. The van der Waals surface area contributed by atoms with Gasteiger partial charge in [-0.1, -0.05) is 40.5 Å². The van der Waals surface area contributed by atoms with E-state index in [-0.39, 0.29) is 5.41 Å². The number of aromatic nitrogens is 2. The topological polar surface area (TPSA) is 67.1 Å². The smallest absolute Gasteiger partial charge is 0.145 e. The Kier molecular flexibility index (Phi) is 5.04. The van der Waals surface area contributed by atoms with E-state index < -0.39 is 0 Å². The van der Waals surface area contributed by atoms with Crippen molar-refractivity contribution in [1.82, 2.24) is 9.97 Å². The van der Waals surface area contributed by atoms with Crippen LogP contribution in [-0.2, 0) is 5.41 Å². The van der Waals surface area contributed by atoms with Crippen molar-refractivity contribution in [2.24, 2.45) is 11.8 Å². The fourth-order valence-electron chi connectivity index (χ4n) is 2.86. The number of hydrazine groups is 1. The van der Waals surface area contributed by atoms with Gasteiger partial charge >= 0.3 is 0 Å². The summed E-state index contributed by atoms with van der Waals surface area (Å²) in [5.74, 6) is 8.97. The van der Waals surface area contributed by atoms with Gasteiger partial charge in [-0.05, 0) is 18.8 Å². The molecule has 1 aliphatic rings. The third-order valence-corrected chi connectivity index (χ3v) is 4.17. The van der Waals surface area contributed by atoms with Gasteiger partial charge in [-0.15, -0.1) is 0 Å². The van der Waals surface area contributed by atoms with E-state index in [2.05, 4.69) is 43.0 Å². The van der Waals surface area contributed by atoms with E-state index in [0.29, 0.717) is 5.82 Å². The Balaban J connectivity index is 2.16. The first-order valence-electron chi connectivity index (χ1n) is 8.05. The fourth-order valence-corrected chi connectivity index (χ4v) is 2.86. The molecule has 0 aliphatic carbocycles. The molecule has 0 atom stereocenters. The van der Waals surface area contributed by atoms with Gasteiger partial charge in [-0.2, -0.15) is 0 Å². The summed E-state index contributed by atoms with van der Waals surface area (Å²) in [4.78, 5) is 11.6. The Morgan fingerprint density at radius 1 is 1.29 bits per heavy atom. The third kappa shape index (κ3) is 4.06. The van der Waals surface area contributed by atoms with Gasteiger partial charge in [0.2, 0.25) is 0 Å². The SMILES string of the molecule is CCCC1CCN(c2cc(NN)nc(C(C)(C)C)n2)CC1. The van der Waals surface area contributed by atoms with E-state index in [1.807, 2.05) is 6.07 Å². The van der Waals surface area contributed by atoms with Gasteiger partial charge < -0.3 is 10.3 Å². The number of nitrogens with two attached hydrogens (primary N) is 1. The highest BCUT2D eigenvalue weighted by Crippen LogP contribution is 2.28. The molecule has 5 heteroatoms. The first-order valence-corrected chi connectivity index (χ1v) is 8.05. The average Bonchev–Trinajstić information content (AvgIpc) is 2.47. The maximum atomic E-state index is 5.56. The predicted molar refractivity (Wildman–Crippen MR) is 88.4 cm³/mol. The Morgan fingerprint density at radius 3 is 2.48 bits per heavy atom. The highest BCUT2D eigenvalue weighted by atomic mass is 15.3. The molecule has 1 saturated heterocycles. The molecule has 0 radical (unpaired) electrons. The van der Waals surface area contributed by atoms with Crippen LogP contribution in [0.5, 0.6) is 0 Å². The minimum atomic E-state index is -0.0812. The van der Waals surface area contributed by atoms with Gasteiger partial charge in [-0.25, -0.2) is 15.8 Å². The summed E-state index contributed by atoms with van der Waals surface area (Å²) in [5.41, 5.74) is 2.59. The number of nitrogen functional groups attached to an aromatic ring is 1. The number of hydrogen-bond donors (Lipinski definition) is 2. The summed E-state index contributed by atoms with van der Waals surface area (Å²) < 4.78 is 0. The number of anilines is 2. The lowest BCUT2D eigenvalue weighted by Crippen LogP contribution is -2.35. The molecule has 1 aromatic rings. The van der Waals surface area contributed by atoms with Crippen LogP contribution < -0.4 is 16.2 Å². The first-order chi connectivity index (χ1) is 9.94. The number of nitrogens with one attached hydrogen (secondary N) is 1. The molecular weight excluding hydrogens is 262 g/mol. The van der Waals surface area contributed by atoms with Gasteiger partial charge in [0.25, 0.3) is 0 Å². The quantitative estimate of drug-likeness (QED) is 0.659. The molecule has 2 heterocycles. The van der Waals surface area contributed by atoms with Crippen LogP contribution in [0.2, 0.25) is 0 Å². The van der Waals surface area contributed by atoms with Crippen LogP contribution in [0, 0.1) is 5.92 Å². The lowest BCUT2D eigenvalue weighted by atomic mass is 9.92. The Morgan fingerprint density at radius 2 is 1.95 bits per heavy atom. The van der Waals surface area contributed by atoms with E-state index >= 15 is 0 Å². The number of nitrogens with zero attached hydrogens (tertiary/aromatic N) is 3. The molecule has 0 bridgehead atoms. The van der Waals surface area contributed by atoms with Crippen molar-refractivity contribution in [3.05, 3.63) is 11.9 Å². The molecule has 5 nitrogen and oxygen atoms in total. The monoisotopic (exact) mass is 291 g/mol. The minimum absolute atomic E-state index is 0.0812. The van der Waals surface area contributed by atoms with Crippen molar-refractivity contribution < 1.29 is 0 Å². The molecule has 0 saturated carbocycles. The zero-order chi connectivity index (χ0) is 15.5. The van der Waals surface area contributed by atoms with Crippen LogP contribution >= 0.6 is 0 Å². The predicted octanol–water partition coefficient (Wildman–Crippen LogP) is 3.08. The number of piperidine rings is 1. The van der Waals surface area contributed by atoms with Crippen LogP contribution in [0.4, 0.5) is 11.6 Å². The largest absolute Gasteiger partial charge is 0.356 e. The van der Waals surface area contributed by atoms with Crippen molar-refractivity contribution >= 4 is 11.6 Å². The number of hydrogen-bond acceptors (Lipinski definition) is 5. The summed E-state index contributed by atoms with van der Waals surface area (Å²) in [7, 11) is 0. The van der Waals surface area contributed by atoms with Gasteiger partial charge in [0, 0.05) is 24.6 Å². The molecule has 1 aromatic heterocycles. The first kappa shape index (κ1) is 16.0. The summed E-state index contributed by atoms with van der Waals surface area (Å²) in [6.45, 7) is 10.8. The second kappa shape index (κ2) is 6.60. The lowest BCUT2D eigenvalue weighted by molar-refractivity contribution is 0.377. The Bertz CT molecular complexity index is 458. The second-order valence-corrected chi connectivity index (χ2v) is 7.05. The molecule has 0 aromatic carbocycles. The molecule has 0 unspecified atom stereocenters. The van der Waals surface area contributed by atoms with E-state index in [4.69, 9.17) is 10.8 Å². The van der Waals surface area contributed by atoms with Crippen molar-refractivity contribution in [3.8, 4) is 0 Å². The second-order valence-electron chi connectivity index (χ2n) is 7.05. The maximum absolute atomic E-state index is 5.56. The van der Waals surface area contributed by atoms with Crippen LogP contribution in [-0.4, -0.2) is 23.1 Å². The fraction of sp³-hybridized carbons (Fsp3) is 0.750. The molecule has 118 valence electrons. The summed E-state index contributed by atoms with van der Waals surface area (Å²) >= 11 is 0. The van der Waals surface area contributed by atoms with Crippen LogP contribution in [0.15, 0.2) is 6.07 Å². The van der Waals surface area contributed by atoms with Crippen molar-refractivity contribution in [1.29, 1.82) is 0 Å².